The van der Waals surface area contributed by atoms with Gasteiger partial charge in [0.05, 0.1) is 0 Å². The summed E-state index contributed by atoms with van der Waals surface area (Å²) in [5.74, 6) is 1.06. The summed E-state index contributed by atoms with van der Waals surface area (Å²) in [4.78, 5) is 0. The summed E-state index contributed by atoms with van der Waals surface area (Å²) >= 11 is 0. The van der Waals surface area contributed by atoms with E-state index in [-0.39, 0.29) is 6.10 Å². The zero-order chi connectivity index (χ0) is 16.1. The van der Waals surface area contributed by atoms with Crippen molar-refractivity contribution in [1.29, 1.82) is 0 Å². The first-order valence-electron chi connectivity index (χ1n) is 8.07. The lowest BCUT2D eigenvalue weighted by atomic mass is 9.91. The van der Waals surface area contributed by atoms with Gasteiger partial charge in [-0.2, -0.15) is 0 Å². The molecule has 116 valence electrons. The number of rotatable bonds is 5. The molecular weight excluding hydrogens is 280 g/mol. The van der Waals surface area contributed by atoms with Gasteiger partial charge in [0.15, 0.2) is 0 Å². The highest BCUT2D eigenvalue weighted by molar-refractivity contribution is 5.69. The van der Waals surface area contributed by atoms with E-state index in [4.69, 9.17) is 4.74 Å². The maximum atomic E-state index is 6.38. The molecule has 0 bridgehead atoms. The van der Waals surface area contributed by atoms with Crippen LogP contribution in [0.4, 0.5) is 0 Å². The zero-order valence-corrected chi connectivity index (χ0v) is 13.4. The number of ether oxygens (including phenoxy) is 1. The Balaban J connectivity index is 2.07. The van der Waals surface area contributed by atoms with Crippen LogP contribution in [0.25, 0.3) is 5.57 Å². The van der Waals surface area contributed by atoms with Crippen molar-refractivity contribution in [3.63, 3.8) is 0 Å². The van der Waals surface area contributed by atoms with Gasteiger partial charge in [-0.1, -0.05) is 66.7 Å². The predicted molar refractivity (Wildman–Crippen MR) is 97.0 cm³/mol. The molecule has 1 aliphatic heterocycles. The maximum Gasteiger partial charge on any atom is 0.127 e. The molecule has 0 saturated heterocycles. The van der Waals surface area contributed by atoms with Crippen molar-refractivity contribution in [2.45, 2.75) is 25.4 Å². The quantitative estimate of drug-likeness (QED) is 0.628. The Hall–Kier alpha value is -2.54. The van der Waals surface area contributed by atoms with Crippen molar-refractivity contribution >= 4 is 5.57 Å². The molecule has 3 rings (SSSR count). The molecule has 0 N–H and O–H groups in total. The Morgan fingerprint density at radius 3 is 2.48 bits per heavy atom. The van der Waals surface area contributed by atoms with Gasteiger partial charge in [-0.05, 0) is 23.1 Å². The van der Waals surface area contributed by atoms with E-state index in [1.54, 1.807) is 0 Å². The van der Waals surface area contributed by atoms with E-state index in [9.17, 15) is 0 Å². The largest absolute Gasteiger partial charge is 0.489 e. The molecule has 1 heterocycles. The van der Waals surface area contributed by atoms with Gasteiger partial charge >= 0.3 is 0 Å². The van der Waals surface area contributed by atoms with Gasteiger partial charge in [0.2, 0.25) is 0 Å². The van der Waals surface area contributed by atoms with Crippen LogP contribution in [0.15, 0.2) is 85.7 Å². The smallest absolute Gasteiger partial charge is 0.127 e. The number of benzene rings is 2. The molecule has 1 heteroatoms. The fourth-order valence-corrected chi connectivity index (χ4v) is 3.14. The highest BCUT2D eigenvalue weighted by Gasteiger charge is 2.25. The van der Waals surface area contributed by atoms with Gasteiger partial charge in [-0.15, -0.1) is 13.2 Å². The lowest BCUT2D eigenvalue weighted by Crippen LogP contribution is -2.16. The van der Waals surface area contributed by atoms with Crippen molar-refractivity contribution in [2.75, 3.05) is 0 Å². The number of fused-ring (bicyclic) bond motifs is 1. The summed E-state index contributed by atoms with van der Waals surface area (Å²) < 4.78 is 6.38. The fraction of sp³-hybridized carbons (Fsp3) is 0.182. The van der Waals surface area contributed by atoms with Crippen molar-refractivity contribution in [2.24, 2.45) is 0 Å². The summed E-state index contributed by atoms with van der Waals surface area (Å²) in [5, 5.41) is 0. The minimum absolute atomic E-state index is 0.0518. The normalized spacial score (nSPS) is 18.5. The third kappa shape index (κ3) is 3.29. The van der Waals surface area contributed by atoms with Crippen LogP contribution >= 0.6 is 0 Å². The molecule has 1 nitrogen and oxygen atoms in total. The second-order valence-electron chi connectivity index (χ2n) is 5.77. The molecule has 2 aromatic rings. The van der Waals surface area contributed by atoms with Crippen LogP contribution in [0.5, 0.6) is 0 Å². The molecule has 1 unspecified atom stereocenters. The highest BCUT2D eigenvalue weighted by atomic mass is 16.5. The van der Waals surface area contributed by atoms with E-state index in [2.05, 4.69) is 61.7 Å². The molecule has 23 heavy (non-hydrogen) atoms. The first kappa shape index (κ1) is 15.4. The van der Waals surface area contributed by atoms with Crippen LogP contribution < -0.4 is 0 Å². The Bertz CT molecular complexity index is 725. The van der Waals surface area contributed by atoms with Gasteiger partial charge in [-0.3, -0.25) is 0 Å². The summed E-state index contributed by atoms with van der Waals surface area (Å²) in [5.41, 5.74) is 5.06. The monoisotopic (exact) mass is 302 g/mol. The van der Waals surface area contributed by atoms with E-state index in [1.807, 2.05) is 18.2 Å². The first-order valence-corrected chi connectivity index (χ1v) is 8.07. The lowest BCUT2D eigenvalue weighted by molar-refractivity contribution is 0.104. The number of hydrogen-bond acceptors (Lipinski definition) is 1. The average molecular weight is 302 g/mol. The standard InChI is InChI=1S/C22H22O/c1-3-10-19(17-12-6-5-7-13-17)22-16-18-14-8-9-15-20(18)21(23-22)11-4-2/h3-9,12-15,21H,1-2,10-11,16H2/b22-19+. The molecule has 0 fully saturated rings. The zero-order valence-electron chi connectivity index (χ0n) is 13.4. The maximum absolute atomic E-state index is 6.38. The van der Waals surface area contributed by atoms with Gasteiger partial charge < -0.3 is 4.74 Å². The minimum atomic E-state index is 0.0518. The molecule has 0 aromatic heterocycles. The summed E-state index contributed by atoms with van der Waals surface area (Å²) in [6, 6.07) is 19.0. The molecular formula is C22H22O. The van der Waals surface area contributed by atoms with Gasteiger partial charge in [-0.25, -0.2) is 0 Å². The predicted octanol–water partition coefficient (Wildman–Crippen LogP) is 5.86. The molecule has 1 aliphatic rings. The molecule has 0 amide bonds. The topological polar surface area (TPSA) is 9.23 Å². The Morgan fingerprint density at radius 1 is 1.00 bits per heavy atom. The van der Waals surface area contributed by atoms with Crippen molar-refractivity contribution < 1.29 is 4.74 Å². The van der Waals surface area contributed by atoms with Crippen LogP contribution in [0.3, 0.4) is 0 Å². The van der Waals surface area contributed by atoms with E-state index >= 15 is 0 Å². The molecule has 0 saturated carbocycles. The second kappa shape index (κ2) is 7.15. The van der Waals surface area contributed by atoms with Crippen molar-refractivity contribution in [3.05, 3.63) is 102 Å². The highest BCUT2D eigenvalue weighted by Crippen LogP contribution is 2.38. The molecule has 0 aliphatic carbocycles. The van der Waals surface area contributed by atoms with Gasteiger partial charge in [0.25, 0.3) is 0 Å². The Kier molecular flexibility index (Phi) is 4.77. The number of hydrogen-bond donors (Lipinski definition) is 0. The average Bonchev–Trinajstić information content (AvgIpc) is 2.60. The van der Waals surface area contributed by atoms with Crippen LogP contribution in [-0.4, -0.2) is 0 Å². The van der Waals surface area contributed by atoms with Crippen molar-refractivity contribution in [1.82, 2.24) is 0 Å². The lowest BCUT2D eigenvalue weighted by Gasteiger charge is -2.30. The molecule has 2 aromatic carbocycles. The SMILES string of the molecule is C=CC/C(=C1/Cc2ccccc2C(CC=C)O1)c1ccccc1. The van der Waals surface area contributed by atoms with E-state index in [1.165, 1.54) is 22.3 Å². The van der Waals surface area contributed by atoms with Crippen molar-refractivity contribution in [3.8, 4) is 0 Å². The van der Waals surface area contributed by atoms with E-state index in [0.29, 0.717) is 0 Å². The Labute approximate surface area is 138 Å². The van der Waals surface area contributed by atoms with Crippen LogP contribution in [0.1, 0.15) is 35.6 Å². The minimum Gasteiger partial charge on any atom is -0.489 e. The second-order valence-corrected chi connectivity index (χ2v) is 5.77. The van der Waals surface area contributed by atoms with Crippen LogP contribution in [0, 0.1) is 0 Å². The van der Waals surface area contributed by atoms with E-state index < -0.39 is 0 Å². The van der Waals surface area contributed by atoms with E-state index in [0.717, 1.165) is 25.0 Å². The molecule has 1 atom stereocenters. The third-order valence-electron chi connectivity index (χ3n) is 4.23. The Morgan fingerprint density at radius 2 is 1.74 bits per heavy atom. The summed E-state index contributed by atoms with van der Waals surface area (Å²) in [6.07, 6.45) is 6.39. The van der Waals surface area contributed by atoms with Gasteiger partial charge in [0.1, 0.15) is 11.9 Å². The van der Waals surface area contributed by atoms with Crippen LogP contribution in [-0.2, 0) is 11.2 Å². The fourth-order valence-electron chi connectivity index (χ4n) is 3.14. The number of allylic oxidation sites excluding steroid dienone is 3. The molecule has 0 radical (unpaired) electrons. The summed E-state index contributed by atoms with van der Waals surface area (Å²) in [7, 11) is 0. The molecule has 0 spiro atoms. The third-order valence-corrected chi connectivity index (χ3v) is 4.23. The first-order chi connectivity index (χ1) is 11.3. The summed E-state index contributed by atoms with van der Waals surface area (Å²) in [6.45, 7) is 7.79. The van der Waals surface area contributed by atoms with Gasteiger partial charge in [0, 0.05) is 18.4 Å². The van der Waals surface area contributed by atoms with Crippen LogP contribution in [0.2, 0.25) is 0 Å².